The van der Waals surface area contributed by atoms with Crippen LogP contribution in [-0.4, -0.2) is 22.2 Å². The predicted molar refractivity (Wildman–Crippen MR) is 62.6 cm³/mol. The number of rotatable bonds is 0. The number of carbonyl (C=O) groups is 1. The molecular formula is C10H16BrN3O. The van der Waals surface area contributed by atoms with E-state index in [-0.39, 0.29) is 5.91 Å². The predicted octanol–water partition coefficient (Wildman–Crippen LogP) is 1.70. The van der Waals surface area contributed by atoms with Gasteiger partial charge in [0.2, 0.25) is 5.91 Å². The molecule has 1 aromatic rings. The first kappa shape index (κ1) is 12.2. The lowest BCUT2D eigenvalue weighted by molar-refractivity contribution is -0.119. The largest absolute Gasteiger partial charge is 0.356 e. The van der Waals surface area contributed by atoms with Gasteiger partial charge in [-0.15, -0.1) is 0 Å². The number of nitrogens with zero attached hydrogens (tertiary/aromatic N) is 2. The van der Waals surface area contributed by atoms with Crippen molar-refractivity contribution >= 4 is 21.8 Å². The highest BCUT2D eigenvalue weighted by atomic mass is 79.9. The lowest BCUT2D eigenvalue weighted by Crippen LogP contribution is -2.12. The summed E-state index contributed by atoms with van der Waals surface area (Å²) in [5, 5.41) is 6.86. The zero-order chi connectivity index (χ0) is 11.4. The van der Waals surface area contributed by atoms with Crippen molar-refractivity contribution in [2.24, 2.45) is 7.05 Å². The van der Waals surface area contributed by atoms with E-state index >= 15 is 0 Å². The molecule has 0 radical (unpaired) electrons. The Bertz CT molecular complexity index is 329. The van der Waals surface area contributed by atoms with Crippen LogP contribution in [0.5, 0.6) is 0 Å². The Hall–Kier alpha value is -0.840. The van der Waals surface area contributed by atoms with Gasteiger partial charge in [0.15, 0.2) is 0 Å². The van der Waals surface area contributed by atoms with Gasteiger partial charge in [0.25, 0.3) is 0 Å². The van der Waals surface area contributed by atoms with Gasteiger partial charge in [-0.05, 0) is 36.2 Å². The van der Waals surface area contributed by atoms with Crippen LogP contribution < -0.4 is 5.32 Å². The third-order valence-electron chi connectivity index (χ3n) is 2.32. The maximum Gasteiger partial charge on any atom is 0.220 e. The third kappa shape index (κ3) is 3.34. The SMILES string of the molecule is Cc1nn(C)c(C)c1Br.O=C1CCCN1. The molecule has 4 nitrogen and oxygen atoms in total. The minimum atomic E-state index is 0.204. The standard InChI is InChI=1S/C6H9BrN2.C4H7NO/c1-4-6(7)5(2)9(3)8-4;6-4-2-1-3-5-4/h1-3H3;1-3H2,(H,5,6). The van der Waals surface area contributed by atoms with Crippen LogP contribution in [0.25, 0.3) is 0 Å². The monoisotopic (exact) mass is 273 g/mol. The zero-order valence-electron chi connectivity index (χ0n) is 9.30. The van der Waals surface area contributed by atoms with E-state index in [9.17, 15) is 4.79 Å². The Morgan fingerprint density at radius 2 is 2.13 bits per heavy atom. The molecule has 0 unspecified atom stereocenters. The van der Waals surface area contributed by atoms with E-state index in [0.717, 1.165) is 29.6 Å². The molecule has 0 saturated carbocycles. The first-order valence-corrected chi connectivity index (χ1v) is 5.74. The minimum Gasteiger partial charge on any atom is -0.356 e. The van der Waals surface area contributed by atoms with Crippen LogP contribution in [0.1, 0.15) is 24.2 Å². The summed E-state index contributed by atoms with van der Waals surface area (Å²) in [6.45, 7) is 4.90. The Balaban J connectivity index is 0.000000162. The molecule has 0 bridgehead atoms. The number of hydrogen-bond acceptors (Lipinski definition) is 2. The molecule has 1 aliphatic heterocycles. The van der Waals surface area contributed by atoms with Gasteiger partial charge in [-0.25, -0.2) is 0 Å². The van der Waals surface area contributed by atoms with Crippen LogP contribution in [0, 0.1) is 13.8 Å². The van der Waals surface area contributed by atoms with E-state index in [0.29, 0.717) is 0 Å². The average Bonchev–Trinajstić information content (AvgIpc) is 2.73. The summed E-state index contributed by atoms with van der Waals surface area (Å²) in [6, 6.07) is 0. The van der Waals surface area contributed by atoms with Crippen LogP contribution in [0.2, 0.25) is 0 Å². The summed E-state index contributed by atoms with van der Waals surface area (Å²) in [5.41, 5.74) is 2.22. The van der Waals surface area contributed by atoms with Gasteiger partial charge in [-0.2, -0.15) is 5.10 Å². The molecule has 1 amide bonds. The molecule has 1 saturated heterocycles. The molecule has 1 N–H and O–H groups in total. The maximum atomic E-state index is 10.1. The molecule has 0 aliphatic carbocycles. The Kier molecular flexibility index (Phi) is 4.32. The summed E-state index contributed by atoms with van der Waals surface area (Å²) in [6.07, 6.45) is 1.76. The van der Waals surface area contributed by atoms with Crippen molar-refractivity contribution < 1.29 is 4.79 Å². The quantitative estimate of drug-likeness (QED) is 0.782. The molecule has 15 heavy (non-hydrogen) atoms. The molecule has 1 aromatic heterocycles. The fourth-order valence-electron chi connectivity index (χ4n) is 1.31. The topological polar surface area (TPSA) is 46.9 Å². The highest BCUT2D eigenvalue weighted by Crippen LogP contribution is 2.18. The van der Waals surface area contributed by atoms with Crippen LogP contribution in [0.3, 0.4) is 0 Å². The Morgan fingerprint density at radius 3 is 2.27 bits per heavy atom. The summed E-state index contributed by atoms with van der Waals surface area (Å²) < 4.78 is 2.98. The number of hydrogen-bond donors (Lipinski definition) is 1. The first-order chi connectivity index (χ1) is 7.02. The van der Waals surface area contributed by atoms with Crippen molar-refractivity contribution in [2.75, 3.05) is 6.54 Å². The van der Waals surface area contributed by atoms with Gasteiger partial charge >= 0.3 is 0 Å². The number of aromatic nitrogens is 2. The molecule has 0 atom stereocenters. The van der Waals surface area contributed by atoms with Crippen LogP contribution in [0.4, 0.5) is 0 Å². The maximum absolute atomic E-state index is 10.1. The number of halogens is 1. The van der Waals surface area contributed by atoms with Crippen molar-refractivity contribution in [3.63, 3.8) is 0 Å². The van der Waals surface area contributed by atoms with Crippen molar-refractivity contribution in [3.05, 3.63) is 15.9 Å². The number of carbonyl (C=O) groups excluding carboxylic acids is 1. The highest BCUT2D eigenvalue weighted by Gasteiger charge is 2.05. The third-order valence-corrected chi connectivity index (χ3v) is 3.47. The van der Waals surface area contributed by atoms with E-state index in [1.54, 1.807) is 0 Å². The fourth-order valence-corrected chi connectivity index (χ4v) is 1.65. The van der Waals surface area contributed by atoms with Gasteiger partial charge in [-0.1, -0.05) is 0 Å². The van der Waals surface area contributed by atoms with Gasteiger partial charge in [0, 0.05) is 25.7 Å². The molecule has 1 fully saturated rings. The molecule has 2 rings (SSSR count). The van der Waals surface area contributed by atoms with Crippen molar-refractivity contribution in [3.8, 4) is 0 Å². The molecular weight excluding hydrogens is 258 g/mol. The second kappa shape index (κ2) is 5.30. The van der Waals surface area contributed by atoms with Crippen molar-refractivity contribution in [2.45, 2.75) is 26.7 Å². The van der Waals surface area contributed by atoms with E-state index in [2.05, 4.69) is 26.3 Å². The van der Waals surface area contributed by atoms with E-state index in [1.165, 1.54) is 5.69 Å². The first-order valence-electron chi connectivity index (χ1n) is 4.94. The fraction of sp³-hybridized carbons (Fsp3) is 0.600. The molecule has 2 heterocycles. The molecule has 1 aliphatic rings. The smallest absolute Gasteiger partial charge is 0.220 e. The average molecular weight is 274 g/mol. The van der Waals surface area contributed by atoms with Crippen LogP contribution in [0.15, 0.2) is 4.47 Å². The normalized spacial score (nSPS) is 14.5. The molecule has 0 spiro atoms. The van der Waals surface area contributed by atoms with E-state index < -0.39 is 0 Å². The van der Waals surface area contributed by atoms with Crippen molar-refractivity contribution in [1.82, 2.24) is 15.1 Å². The van der Waals surface area contributed by atoms with Gasteiger partial charge in [0.05, 0.1) is 10.2 Å². The van der Waals surface area contributed by atoms with Crippen LogP contribution in [-0.2, 0) is 11.8 Å². The summed E-state index contributed by atoms with van der Waals surface area (Å²) in [5.74, 6) is 0.204. The van der Waals surface area contributed by atoms with Crippen LogP contribution >= 0.6 is 15.9 Å². The van der Waals surface area contributed by atoms with Gasteiger partial charge in [0.1, 0.15) is 0 Å². The molecule has 84 valence electrons. The number of aryl methyl sites for hydroxylation is 2. The molecule has 5 heteroatoms. The van der Waals surface area contributed by atoms with Crippen molar-refractivity contribution in [1.29, 1.82) is 0 Å². The Labute approximate surface area is 98.2 Å². The van der Waals surface area contributed by atoms with Gasteiger partial charge < -0.3 is 5.32 Å². The minimum absolute atomic E-state index is 0.204. The lowest BCUT2D eigenvalue weighted by atomic mass is 10.4. The summed E-state index contributed by atoms with van der Waals surface area (Å²) in [7, 11) is 1.94. The zero-order valence-corrected chi connectivity index (χ0v) is 10.9. The second-order valence-electron chi connectivity index (χ2n) is 3.56. The highest BCUT2D eigenvalue weighted by molar-refractivity contribution is 9.10. The Morgan fingerprint density at radius 1 is 1.47 bits per heavy atom. The summed E-state index contributed by atoms with van der Waals surface area (Å²) in [4.78, 5) is 10.1. The number of nitrogens with one attached hydrogen (secondary N) is 1. The second-order valence-corrected chi connectivity index (χ2v) is 4.35. The van der Waals surface area contributed by atoms with Gasteiger partial charge in [-0.3, -0.25) is 9.48 Å². The van der Waals surface area contributed by atoms with E-state index in [1.807, 2.05) is 25.6 Å². The van der Waals surface area contributed by atoms with E-state index in [4.69, 9.17) is 0 Å². The lowest BCUT2D eigenvalue weighted by Gasteiger charge is -1.89. The molecule has 0 aromatic carbocycles. The number of amides is 1. The summed E-state index contributed by atoms with van der Waals surface area (Å²) >= 11 is 3.42.